The normalized spacial score (nSPS) is 27.4. The van der Waals surface area contributed by atoms with Crippen molar-refractivity contribution >= 4 is 15.9 Å². The van der Waals surface area contributed by atoms with Crippen molar-refractivity contribution in [3.63, 3.8) is 0 Å². The largest absolute Gasteiger partial charge is 0.381 e. The molecule has 2 heterocycles. The van der Waals surface area contributed by atoms with Gasteiger partial charge in [-0.1, -0.05) is 0 Å². The first-order chi connectivity index (χ1) is 9.86. The van der Waals surface area contributed by atoms with Crippen LogP contribution in [0.5, 0.6) is 0 Å². The van der Waals surface area contributed by atoms with Crippen molar-refractivity contribution in [3.05, 3.63) is 0 Å². The van der Waals surface area contributed by atoms with Gasteiger partial charge in [-0.05, 0) is 18.8 Å². The fourth-order valence-electron chi connectivity index (χ4n) is 2.99. The molecule has 0 spiro atoms. The Morgan fingerprint density at radius 2 is 1.90 bits per heavy atom. The zero-order valence-electron chi connectivity index (χ0n) is 12.5. The van der Waals surface area contributed by atoms with Crippen molar-refractivity contribution in [2.75, 3.05) is 52.2 Å². The molecule has 2 saturated heterocycles. The SMILES string of the molecule is CS(=O)(=O)N1CCN(CC2CCOCC2)C[C@@H](C(N)=O)C1. The van der Waals surface area contributed by atoms with Gasteiger partial charge in [0.1, 0.15) is 0 Å². The van der Waals surface area contributed by atoms with Crippen LogP contribution in [0.15, 0.2) is 0 Å². The molecule has 21 heavy (non-hydrogen) atoms. The van der Waals surface area contributed by atoms with E-state index in [9.17, 15) is 13.2 Å². The summed E-state index contributed by atoms with van der Waals surface area (Å²) in [7, 11) is -3.29. The Morgan fingerprint density at radius 3 is 2.48 bits per heavy atom. The third-order valence-electron chi connectivity index (χ3n) is 4.30. The van der Waals surface area contributed by atoms with Gasteiger partial charge in [-0.2, -0.15) is 0 Å². The molecular weight excluding hydrogens is 294 g/mol. The number of rotatable bonds is 4. The van der Waals surface area contributed by atoms with Crippen molar-refractivity contribution in [2.24, 2.45) is 17.6 Å². The molecule has 0 aromatic carbocycles. The third kappa shape index (κ3) is 4.91. The number of amides is 1. The van der Waals surface area contributed by atoms with Crippen LogP contribution in [0.25, 0.3) is 0 Å². The summed E-state index contributed by atoms with van der Waals surface area (Å²) in [5, 5.41) is 0. The molecule has 122 valence electrons. The molecule has 2 rings (SSSR count). The lowest BCUT2D eigenvalue weighted by molar-refractivity contribution is -0.122. The van der Waals surface area contributed by atoms with Gasteiger partial charge in [-0.15, -0.1) is 0 Å². The van der Waals surface area contributed by atoms with Crippen LogP contribution in [0.1, 0.15) is 12.8 Å². The summed E-state index contributed by atoms with van der Waals surface area (Å²) >= 11 is 0. The van der Waals surface area contributed by atoms with Gasteiger partial charge in [0.2, 0.25) is 15.9 Å². The molecule has 1 amide bonds. The molecule has 0 unspecified atom stereocenters. The summed E-state index contributed by atoms with van der Waals surface area (Å²) in [5.41, 5.74) is 5.43. The van der Waals surface area contributed by atoms with Gasteiger partial charge in [0, 0.05) is 45.9 Å². The van der Waals surface area contributed by atoms with Gasteiger partial charge in [0.25, 0.3) is 0 Å². The number of sulfonamides is 1. The maximum atomic E-state index is 11.7. The third-order valence-corrected chi connectivity index (χ3v) is 5.57. The summed E-state index contributed by atoms with van der Waals surface area (Å²) in [6.07, 6.45) is 3.22. The Balaban J connectivity index is 2.01. The van der Waals surface area contributed by atoms with Gasteiger partial charge in [-0.3, -0.25) is 4.79 Å². The van der Waals surface area contributed by atoms with E-state index in [0.717, 1.165) is 32.6 Å². The summed E-state index contributed by atoms with van der Waals surface area (Å²) in [5.74, 6) is -0.318. The van der Waals surface area contributed by atoms with Crippen LogP contribution in [0, 0.1) is 11.8 Å². The van der Waals surface area contributed by atoms with Crippen LogP contribution < -0.4 is 5.73 Å². The number of nitrogens with zero attached hydrogens (tertiary/aromatic N) is 2. The topological polar surface area (TPSA) is 92.9 Å². The first-order valence-electron chi connectivity index (χ1n) is 7.41. The Morgan fingerprint density at radius 1 is 1.24 bits per heavy atom. The van der Waals surface area contributed by atoms with E-state index in [1.165, 1.54) is 10.6 Å². The van der Waals surface area contributed by atoms with Gasteiger partial charge >= 0.3 is 0 Å². The van der Waals surface area contributed by atoms with Gasteiger partial charge in [0.15, 0.2) is 0 Å². The second kappa shape index (κ2) is 7.04. The maximum absolute atomic E-state index is 11.7. The summed E-state index contributed by atoms with van der Waals surface area (Å²) in [4.78, 5) is 13.7. The smallest absolute Gasteiger partial charge is 0.223 e. The highest BCUT2D eigenvalue weighted by atomic mass is 32.2. The molecule has 2 aliphatic rings. The standard InChI is InChI=1S/C13H25N3O4S/c1-21(18,19)16-5-4-15(9-12(10-16)13(14)17)8-11-2-6-20-7-3-11/h11-12H,2-10H2,1H3,(H2,14,17)/t12-/m1/s1. The zero-order chi connectivity index (χ0) is 15.5. The second-order valence-corrected chi connectivity index (χ2v) is 8.02. The van der Waals surface area contributed by atoms with E-state index < -0.39 is 21.8 Å². The quantitative estimate of drug-likeness (QED) is 0.724. The van der Waals surface area contributed by atoms with E-state index in [-0.39, 0.29) is 6.54 Å². The molecule has 8 heteroatoms. The predicted molar refractivity (Wildman–Crippen MR) is 79.1 cm³/mol. The molecule has 1 atom stereocenters. The monoisotopic (exact) mass is 319 g/mol. The van der Waals surface area contributed by atoms with Crippen molar-refractivity contribution in [1.82, 2.24) is 9.21 Å². The van der Waals surface area contributed by atoms with Crippen molar-refractivity contribution in [1.29, 1.82) is 0 Å². The van der Waals surface area contributed by atoms with Gasteiger partial charge < -0.3 is 15.4 Å². The molecule has 2 aliphatic heterocycles. The molecule has 0 aromatic heterocycles. The highest BCUT2D eigenvalue weighted by Crippen LogP contribution is 2.19. The molecular formula is C13H25N3O4S. The Kier molecular flexibility index (Phi) is 5.59. The number of ether oxygens (including phenoxy) is 1. The van der Waals surface area contributed by atoms with Gasteiger partial charge in [0.05, 0.1) is 12.2 Å². The Labute approximate surface area is 126 Å². The Hall–Kier alpha value is -0.700. The van der Waals surface area contributed by atoms with E-state index >= 15 is 0 Å². The van der Waals surface area contributed by atoms with E-state index in [0.29, 0.717) is 25.6 Å². The summed E-state index contributed by atoms with van der Waals surface area (Å²) < 4.78 is 30.2. The van der Waals surface area contributed by atoms with Crippen molar-refractivity contribution in [2.45, 2.75) is 12.8 Å². The average molecular weight is 319 g/mol. The number of primary amides is 1. The molecule has 0 aromatic rings. The molecule has 0 aliphatic carbocycles. The van der Waals surface area contributed by atoms with Crippen molar-refractivity contribution < 1.29 is 17.9 Å². The lowest BCUT2D eigenvalue weighted by Crippen LogP contribution is -2.40. The van der Waals surface area contributed by atoms with Crippen LogP contribution >= 0.6 is 0 Å². The number of carbonyl (C=O) groups is 1. The fourth-order valence-corrected chi connectivity index (χ4v) is 3.86. The molecule has 7 nitrogen and oxygen atoms in total. The number of hydrogen-bond donors (Lipinski definition) is 1. The van der Waals surface area contributed by atoms with Crippen LogP contribution in [-0.4, -0.2) is 75.7 Å². The lowest BCUT2D eigenvalue weighted by Gasteiger charge is -2.29. The first-order valence-corrected chi connectivity index (χ1v) is 9.25. The van der Waals surface area contributed by atoms with Crippen LogP contribution in [-0.2, 0) is 19.6 Å². The van der Waals surface area contributed by atoms with Crippen LogP contribution in [0.2, 0.25) is 0 Å². The molecule has 0 bridgehead atoms. The predicted octanol–water partition coefficient (Wildman–Crippen LogP) is -0.908. The number of carbonyl (C=O) groups excluding carboxylic acids is 1. The fraction of sp³-hybridized carbons (Fsp3) is 0.923. The van der Waals surface area contributed by atoms with Crippen molar-refractivity contribution in [3.8, 4) is 0 Å². The number of hydrogen-bond acceptors (Lipinski definition) is 5. The molecule has 2 N–H and O–H groups in total. The van der Waals surface area contributed by atoms with E-state index in [1.807, 2.05) is 0 Å². The Bertz CT molecular complexity index is 462. The second-order valence-electron chi connectivity index (χ2n) is 6.04. The number of nitrogens with two attached hydrogens (primary N) is 1. The highest BCUT2D eigenvalue weighted by Gasteiger charge is 2.31. The van der Waals surface area contributed by atoms with Crippen LogP contribution in [0.4, 0.5) is 0 Å². The van der Waals surface area contributed by atoms with E-state index in [2.05, 4.69) is 4.90 Å². The minimum Gasteiger partial charge on any atom is -0.381 e. The average Bonchev–Trinajstić information content (AvgIpc) is 2.62. The van der Waals surface area contributed by atoms with Crippen LogP contribution in [0.3, 0.4) is 0 Å². The highest BCUT2D eigenvalue weighted by molar-refractivity contribution is 7.88. The molecule has 0 saturated carbocycles. The van der Waals surface area contributed by atoms with E-state index in [4.69, 9.17) is 10.5 Å². The van der Waals surface area contributed by atoms with E-state index in [1.54, 1.807) is 0 Å². The summed E-state index contributed by atoms with van der Waals surface area (Å²) in [6, 6.07) is 0. The zero-order valence-corrected chi connectivity index (χ0v) is 13.3. The molecule has 0 radical (unpaired) electrons. The maximum Gasteiger partial charge on any atom is 0.223 e. The summed E-state index contributed by atoms with van der Waals surface area (Å²) in [6.45, 7) is 4.25. The minimum absolute atomic E-state index is 0.193. The lowest BCUT2D eigenvalue weighted by atomic mass is 9.99. The minimum atomic E-state index is -3.29. The first kappa shape index (κ1) is 16.7. The van der Waals surface area contributed by atoms with Gasteiger partial charge in [-0.25, -0.2) is 12.7 Å². The molecule has 2 fully saturated rings.